The van der Waals surface area contributed by atoms with Gasteiger partial charge >= 0.3 is 5.97 Å². The lowest BCUT2D eigenvalue weighted by Crippen LogP contribution is -2.05. The van der Waals surface area contributed by atoms with Crippen LogP contribution >= 0.6 is 0 Å². The van der Waals surface area contributed by atoms with E-state index >= 15 is 0 Å². The lowest BCUT2D eigenvalue weighted by molar-refractivity contribution is -0.143. The Morgan fingerprint density at radius 3 is 1.50 bits per heavy atom. The van der Waals surface area contributed by atoms with E-state index in [0.717, 1.165) is 32.1 Å². The Morgan fingerprint density at radius 1 is 0.500 bits per heavy atom. The molecule has 0 bridgehead atoms. The summed E-state index contributed by atoms with van der Waals surface area (Å²) in [6, 6.07) is 0. The van der Waals surface area contributed by atoms with Gasteiger partial charge in [-0.1, -0.05) is 153 Å². The van der Waals surface area contributed by atoms with Gasteiger partial charge in [-0.05, 0) is 44.9 Å². The third kappa shape index (κ3) is 30.7. The summed E-state index contributed by atoms with van der Waals surface area (Å²) < 4.78 is 5.41. The third-order valence-electron chi connectivity index (χ3n) is 6.79. The number of esters is 1. The van der Waals surface area contributed by atoms with Gasteiger partial charge in [-0.15, -0.1) is 0 Å². The van der Waals surface area contributed by atoms with E-state index in [9.17, 15) is 4.79 Å². The second-order valence-electron chi connectivity index (χ2n) is 10.4. The number of allylic oxidation sites excluding steroid dienone is 6. The second kappa shape index (κ2) is 31.7. The summed E-state index contributed by atoms with van der Waals surface area (Å²) in [5.74, 6) is 0.0112. The normalized spacial score (nSPS) is 11.9. The molecule has 0 saturated carbocycles. The Kier molecular flexibility index (Phi) is 30.6. The lowest BCUT2D eigenvalue weighted by atomic mass is 10.0. The number of hydrogen-bond acceptors (Lipinski definition) is 2. The molecule has 0 aliphatic carbocycles. The average Bonchev–Trinajstić information content (AvgIpc) is 2.88. The maximum absolute atomic E-state index is 11.9. The van der Waals surface area contributed by atoms with Gasteiger partial charge in [0.1, 0.15) is 0 Å². The Labute approximate surface area is 226 Å². The highest BCUT2D eigenvalue weighted by atomic mass is 16.5. The van der Waals surface area contributed by atoms with Gasteiger partial charge < -0.3 is 4.74 Å². The van der Waals surface area contributed by atoms with Crippen LogP contribution in [0.5, 0.6) is 0 Å². The molecule has 0 aromatic carbocycles. The number of hydrogen-bond donors (Lipinski definition) is 0. The predicted molar refractivity (Wildman–Crippen MR) is 161 cm³/mol. The van der Waals surface area contributed by atoms with Crippen LogP contribution in [0.3, 0.4) is 0 Å². The zero-order valence-corrected chi connectivity index (χ0v) is 24.5. The van der Waals surface area contributed by atoms with Gasteiger partial charge in [-0.3, -0.25) is 4.79 Å². The van der Waals surface area contributed by atoms with E-state index in [-0.39, 0.29) is 5.97 Å². The van der Waals surface area contributed by atoms with Crippen molar-refractivity contribution in [3.8, 4) is 0 Å². The summed E-state index contributed by atoms with van der Waals surface area (Å²) >= 11 is 0. The Bertz CT molecular complexity index is 517. The van der Waals surface area contributed by atoms with Crippen LogP contribution in [0.15, 0.2) is 36.5 Å². The fraction of sp³-hybridized carbons (Fsp3) is 0.794. The Hall–Kier alpha value is -1.31. The Balaban J connectivity index is 3.24. The summed E-state index contributed by atoms with van der Waals surface area (Å²) in [5.41, 5.74) is 0. The maximum Gasteiger partial charge on any atom is 0.305 e. The maximum atomic E-state index is 11.9. The molecule has 2 nitrogen and oxygen atoms in total. The highest BCUT2D eigenvalue weighted by Crippen LogP contribution is 2.13. The van der Waals surface area contributed by atoms with Crippen molar-refractivity contribution in [2.75, 3.05) is 6.61 Å². The zero-order valence-electron chi connectivity index (χ0n) is 24.5. The molecule has 0 aliphatic rings. The molecule has 0 rings (SSSR count). The molecule has 210 valence electrons. The van der Waals surface area contributed by atoms with Gasteiger partial charge in [0.2, 0.25) is 0 Å². The van der Waals surface area contributed by atoms with E-state index in [1.54, 1.807) is 0 Å². The number of unbranched alkanes of at least 4 members (excludes halogenated alkanes) is 18. The minimum atomic E-state index is 0.0112. The molecular formula is C34H62O2. The molecule has 36 heavy (non-hydrogen) atoms. The van der Waals surface area contributed by atoms with Gasteiger partial charge in [0.25, 0.3) is 0 Å². The molecule has 0 amide bonds. The van der Waals surface area contributed by atoms with Crippen molar-refractivity contribution < 1.29 is 9.53 Å². The van der Waals surface area contributed by atoms with Gasteiger partial charge in [0, 0.05) is 6.42 Å². The summed E-state index contributed by atoms with van der Waals surface area (Å²) in [4.78, 5) is 11.9. The van der Waals surface area contributed by atoms with Crippen molar-refractivity contribution in [2.45, 2.75) is 168 Å². The minimum absolute atomic E-state index is 0.0112. The van der Waals surface area contributed by atoms with Crippen LogP contribution in [0.25, 0.3) is 0 Å². The van der Waals surface area contributed by atoms with E-state index in [1.165, 1.54) is 116 Å². The molecule has 0 aromatic heterocycles. The van der Waals surface area contributed by atoms with Crippen LogP contribution in [0.2, 0.25) is 0 Å². The number of carbonyl (C=O) groups excluding carboxylic acids is 1. The van der Waals surface area contributed by atoms with E-state index in [4.69, 9.17) is 4.74 Å². The molecule has 0 saturated heterocycles. The summed E-state index contributed by atoms with van der Waals surface area (Å²) in [7, 11) is 0. The lowest BCUT2D eigenvalue weighted by Gasteiger charge is -2.05. The summed E-state index contributed by atoms with van der Waals surface area (Å²) in [6.45, 7) is 5.06. The molecule has 0 atom stereocenters. The monoisotopic (exact) mass is 502 g/mol. The van der Waals surface area contributed by atoms with E-state index in [2.05, 4.69) is 50.3 Å². The van der Waals surface area contributed by atoms with E-state index in [0.29, 0.717) is 13.0 Å². The standard InChI is InChI=1S/C34H62O2/c1-3-5-7-9-11-13-15-17-18-19-21-23-25-27-29-31-33-36-34(35)32-30-28-26-24-22-20-16-14-12-10-8-6-4-2/h5,7,11,13,17-18H,3-4,6,8-10,12,14-16,19-33H2,1-2H3/b7-5+,13-11+,18-17+. The van der Waals surface area contributed by atoms with Gasteiger partial charge in [-0.2, -0.15) is 0 Å². The van der Waals surface area contributed by atoms with Crippen LogP contribution in [0.1, 0.15) is 168 Å². The quantitative estimate of drug-likeness (QED) is 0.0604. The van der Waals surface area contributed by atoms with Crippen molar-refractivity contribution in [1.82, 2.24) is 0 Å². The SMILES string of the molecule is CC/C=C/C/C=C/C/C=C/CCCCCCCCOC(=O)CCCCCCCCCCCCCCC. The summed E-state index contributed by atoms with van der Waals surface area (Å²) in [5, 5.41) is 0. The van der Waals surface area contributed by atoms with Crippen molar-refractivity contribution in [3.05, 3.63) is 36.5 Å². The largest absolute Gasteiger partial charge is 0.466 e. The first-order valence-electron chi connectivity index (χ1n) is 15.9. The smallest absolute Gasteiger partial charge is 0.305 e. The first-order valence-corrected chi connectivity index (χ1v) is 15.9. The number of rotatable bonds is 28. The fourth-order valence-electron chi connectivity index (χ4n) is 4.44. The second-order valence-corrected chi connectivity index (χ2v) is 10.4. The molecular weight excluding hydrogens is 440 g/mol. The van der Waals surface area contributed by atoms with E-state index < -0.39 is 0 Å². The molecule has 0 spiro atoms. The van der Waals surface area contributed by atoms with Crippen LogP contribution < -0.4 is 0 Å². The van der Waals surface area contributed by atoms with Crippen molar-refractivity contribution in [1.29, 1.82) is 0 Å². The van der Waals surface area contributed by atoms with Crippen LogP contribution in [0, 0.1) is 0 Å². The molecule has 0 unspecified atom stereocenters. The topological polar surface area (TPSA) is 26.3 Å². The van der Waals surface area contributed by atoms with Gasteiger partial charge in [0.05, 0.1) is 6.61 Å². The van der Waals surface area contributed by atoms with Crippen LogP contribution in [0.4, 0.5) is 0 Å². The molecule has 0 radical (unpaired) electrons. The highest BCUT2D eigenvalue weighted by molar-refractivity contribution is 5.69. The first-order chi connectivity index (χ1) is 17.8. The first kappa shape index (κ1) is 34.7. The average molecular weight is 503 g/mol. The molecule has 0 N–H and O–H groups in total. The molecule has 0 fully saturated rings. The number of carbonyl (C=O) groups is 1. The zero-order chi connectivity index (χ0) is 26.2. The molecule has 2 heteroatoms. The van der Waals surface area contributed by atoms with Gasteiger partial charge in [0.15, 0.2) is 0 Å². The van der Waals surface area contributed by atoms with Crippen molar-refractivity contribution in [3.63, 3.8) is 0 Å². The highest BCUT2D eigenvalue weighted by Gasteiger charge is 2.02. The van der Waals surface area contributed by atoms with Crippen LogP contribution in [-0.2, 0) is 9.53 Å². The van der Waals surface area contributed by atoms with E-state index in [1.807, 2.05) is 0 Å². The third-order valence-corrected chi connectivity index (χ3v) is 6.79. The van der Waals surface area contributed by atoms with Gasteiger partial charge in [-0.25, -0.2) is 0 Å². The van der Waals surface area contributed by atoms with Crippen molar-refractivity contribution >= 4 is 5.97 Å². The number of ether oxygens (including phenoxy) is 1. The molecule has 0 aromatic rings. The molecule has 0 aliphatic heterocycles. The fourth-order valence-corrected chi connectivity index (χ4v) is 4.44. The van der Waals surface area contributed by atoms with Crippen molar-refractivity contribution in [2.24, 2.45) is 0 Å². The molecule has 0 heterocycles. The van der Waals surface area contributed by atoms with Crippen LogP contribution in [-0.4, -0.2) is 12.6 Å². The predicted octanol–water partition coefficient (Wildman–Crippen LogP) is 11.6. The minimum Gasteiger partial charge on any atom is -0.466 e. The summed E-state index contributed by atoms with van der Waals surface area (Å²) in [6.07, 6.45) is 43.3. The Morgan fingerprint density at radius 2 is 0.944 bits per heavy atom.